The molecule has 2 heterocycles. The van der Waals surface area contributed by atoms with Crippen molar-refractivity contribution in [1.82, 2.24) is 10.6 Å². The molecule has 8 atom stereocenters. The fourth-order valence-electron chi connectivity index (χ4n) is 5.44. The van der Waals surface area contributed by atoms with Crippen molar-refractivity contribution in [3.05, 3.63) is 12.2 Å². The third-order valence-electron chi connectivity index (χ3n) is 6.03. The van der Waals surface area contributed by atoms with Crippen molar-refractivity contribution in [3.8, 4) is 0 Å². The lowest BCUT2D eigenvalue weighted by Gasteiger charge is -2.60. The highest BCUT2D eigenvalue weighted by Crippen LogP contribution is 2.66. The van der Waals surface area contributed by atoms with Gasteiger partial charge in [0.05, 0.1) is 23.7 Å². The summed E-state index contributed by atoms with van der Waals surface area (Å²) >= 11 is 0. The van der Waals surface area contributed by atoms with Gasteiger partial charge in [-0.25, -0.2) is 0 Å². The molecule has 4 amide bonds. The number of rotatable bonds is 0. The van der Waals surface area contributed by atoms with Crippen molar-refractivity contribution in [3.63, 3.8) is 0 Å². The molecule has 6 heteroatoms. The Balaban J connectivity index is 1.63. The third-order valence-corrected chi connectivity index (χ3v) is 6.03. The van der Waals surface area contributed by atoms with Gasteiger partial charge in [-0.2, -0.15) is 0 Å². The van der Waals surface area contributed by atoms with E-state index >= 15 is 0 Å². The molecular weight excluding hydrogens is 260 g/mol. The van der Waals surface area contributed by atoms with Gasteiger partial charge >= 0.3 is 0 Å². The SMILES string of the molecule is O=C1NC(=O)[C@H]2[C@H]3C=C[C@@H]([C@@H]12)[C@@H]1[C@H]2C(=O)NC(=O)[C@H]2[C@H]31. The van der Waals surface area contributed by atoms with Crippen molar-refractivity contribution >= 4 is 23.6 Å². The quantitative estimate of drug-likeness (QED) is 0.429. The summed E-state index contributed by atoms with van der Waals surface area (Å²) in [5, 5.41) is 4.81. The van der Waals surface area contributed by atoms with E-state index in [2.05, 4.69) is 10.6 Å². The van der Waals surface area contributed by atoms with E-state index in [4.69, 9.17) is 0 Å². The number of carbonyl (C=O) groups is 4. The highest BCUT2D eigenvalue weighted by Gasteiger charge is 2.72. The monoisotopic (exact) mass is 272 g/mol. The number of nitrogens with one attached hydrogen (secondary N) is 2. The Morgan fingerprint density at radius 2 is 0.950 bits per heavy atom. The van der Waals surface area contributed by atoms with Gasteiger partial charge in [-0.3, -0.25) is 29.8 Å². The van der Waals surface area contributed by atoms with Gasteiger partial charge in [-0.1, -0.05) is 12.2 Å². The van der Waals surface area contributed by atoms with Crippen molar-refractivity contribution in [1.29, 1.82) is 0 Å². The Hall–Kier alpha value is -1.98. The number of amides is 4. The van der Waals surface area contributed by atoms with E-state index in [9.17, 15) is 19.2 Å². The maximum Gasteiger partial charge on any atom is 0.231 e. The Bertz CT molecular complexity index is 587. The van der Waals surface area contributed by atoms with Gasteiger partial charge in [-0.05, 0) is 23.7 Å². The van der Waals surface area contributed by atoms with Crippen LogP contribution in [0.2, 0.25) is 0 Å². The summed E-state index contributed by atoms with van der Waals surface area (Å²) in [6.45, 7) is 0. The van der Waals surface area contributed by atoms with Gasteiger partial charge < -0.3 is 0 Å². The van der Waals surface area contributed by atoms with Gasteiger partial charge in [0.15, 0.2) is 0 Å². The molecule has 102 valence electrons. The lowest BCUT2D eigenvalue weighted by atomic mass is 9.40. The van der Waals surface area contributed by atoms with Gasteiger partial charge in [0, 0.05) is 0 Å². The van der Waals surface area contributed by atoms with Crippen molar-refractivity contribution in [2.75, 3.05) is 0 Å². The first kappa shape index (κ1) is 10.8. The van der Waals surface area contributed by atoms with Crippen LogP contribution in [-0.2, 0) is 19.2 Å². The van der Waals surface area contributed by atoms with Crippen LogP contribution >= 0.6 is 0 Å². The highest BCUT2D eigenvalue weighted by molar-refractivity contribution is 6.09. The number of hydrogen-bond donors (Lipinski definition) is 2. The minimum absolute atomic E-state index is 0.0411. The molecule has 2 bridgehead atoms. The zero-order chi connectivity index (χ0) is 13.8. The lowest BCUT2D eigenvalue weighted by molar-refractivity contribution is -0.166. The zero-order valence-electron chi connectivity index (χ0n) is 10.4. The predicted octanol–water partition coefficient (Wildman–Crippen LogP) is -1.17. The smallest absolute Gasteiger partial charge is 0.231 e. The van der Waals surface area contributed by atoms with E-state index < -0.39 is 0 Å². The average Bonchev–Trinajstić information content (AvgIpc) is 2.78. The Labute approximate surface area is 114 Å². The van der Waals surface area contributed by atoms with E-state index in [1.807, 2.05) is 12.2 Å². The summed E-state index contributed by atoms with van der Waals surface area (Å²) < 4.78 is 0. The fourth-order valence-corrected chi connectivity index (χ4v) is 5.44. The summed E-state index contributed by atoms with van der Waals surface area (Å²) in [4.78, 5) is 47.8. The molecule has 4 aliphatic carbocycles. The van der Waals surface area contributed by atoms with Crippen LogP contribution in [0.3, 0.4) is 0 Å². The van der Waals surface area contributed by atoms with Crippen molar-refractivity contribution in [2.24, 2.45) is 47.3 Å². The maximum absolute atomic E-state index is 12.0. The number of fused-ring (bicyclic) bond motifs is 1. The lowest BCUT2D eigenvalue weighted by Crippen LogP contribution is -2.63. The minimum atomic E-state index is -0.344. The number of hydrogen-bond acceptors (Lipinski definition) is 4. The molecule has 0 aromatic rings. The summed E-state index contributed by atoms with van der Waals surface area (Å²) in [6, 6.07) is 0. The van der Waals surface area contributed by atoms with E-state index in [-0.39, 0.29) is 71.0 Å². The van der Waals surface area contributed by atoms with Crippen LogP contribution in [0.25, 0.3) is 0 Å². The molecule has 0 unspecified atom stereocenters. The van der Waals surface area contributed by atoms with Gasteiger partial charge in [0.2, 0.25) is 23.6 Å². The summed E-state index contributed by atoms with van der Waals surface area (Å²) in [5.41, 5.74) is 0. The highest BCUT2D eigenvalue weighted by atomic mass is 16.2. The van der Waals surface area contributed by atoms with E-state index in [1.165, 1.54) is 0 Å². The summed E-state index contributed by atoms with van der Waals surface area (Å²) in [6.07, 6.45) is 3.97. The Morgan fingerprint density at radius 3 is 1.35 bits per heavy atom. The standard InChI is InChI=1S/C14H12N2O4/c17-11-7-3-1-2-4(8(7)12(18)15-11)6-5(3)9-10(6)14(20)16-13(9)19/h1-10H,(H,15,17,18)(H,16,19,20)/t3-,4+,5+,6-,7-,8+,9-,10+. The molecule has 0 aromatic heterocycles. The molecule has 2 saturated heterocycles. The minimum Gasteiger partial charge on any atom is -0.296 e. The molecule has 6 aliphatic rings. The number of imide groups is 2. The van der Waals surface area contributed by atoms with Crippen LogP contribution in [0.5, 0.6) is 0 Å². The maximum atomic E-state index is 12.0. The second-order valence-electron chi connectivity index (χ2n) is 6.50. The van der Waals surface area contributed by atoms with Crippen molar-refractivity contribution < 1.29 is 19.2 Å². The van der Waals surface area contributed by atoms with Gasteiger partial charge in [0.25, 0.3) is 0 Å². The molecule has 6 nitrogen and oxygen atoms in total. The normalized spacial score (nSPS) is 54.0. The zero-order valence-corrected chi connectivity index (χ0v) is 10.4. The van der Waals surface area contributed by atoms with Crippen LogP contribution < -0.4 is 10.6 Å². The van der Waals surface area contributed by atoms with Crippen LogP contribution in [-0.4, -0.2) is 23.6 Å². The molecule has 20 heavy (non-hydrogen) atoms. The second kappa shape index (κ2) is 3.02. The largest absolute Gasteiger partial charge is 0.296 e. The van der Waals surface area contributed by atoms with Crippen LogP contribution in [0.15, 0.2) is 12.2 Å². The molecule has 2 aliphatic heterocycles. The fraction of sp³-hybridized carbons (Fsp3) is 0.571. The Kier molecular flexibility index (Phi) is 1.63. The molecule has 4 fully saturated rings. The number of carbonyl (C=O) groups excluding carboxylic acids is 4. The van der Waals surface area contributed by atoms with Crippen LogP contribution in [0.4, 0.5) is 0 Å². The van der Waals surface area contributed by atoms with E-state index in [0.717, 1.165) is 0 Å². The number of allylic oxidation sites excluding steroid dienone is 2. The Morgan fingerprint density at radius 1 is 0.600 bits per heavy atom. The summed E-state index contributed by atoms with van der Waals surface area (Å²) in [5.74, 6) is -2.21. The molecule has 0 aromatic carbocycles. The predicted molar refractivity (Wildman–Crippen MR) is 63.4 cm³/mol. The molecule has 0 radical (unpaired) electrons. The molecule has 0 spiro atoms. The summed E-state index contributed by atoms with van der Waals surface area (Å²) in [7, 11) is 0. The van der Waals surface area contributed by atoms with Crippen molar-refractivity contribution in [2.45, 2.75) is 0 Å². The van der Waals surface area contributed by atoms with E-state index in [1.54, 1.807) is 0 Å². The third kappa shape index (κ3) is 0.910. The second-order valence-corrected chi connectivity index (χ2v) is 6.50. The first-order valence-corrected chi connectivity index (χ1v) is 6.97. The van der Waals surface area contributed by atoms with Gasteiger partial charge in [0.1, 0.15) is 0 Å². The first-order valence-electron chi connectivity index (χ1n) is 6.97. The molecule has 6 rings (SSSR count). The van der Waals surface area contributed by atoms with Gasteiger partial charge in [-0.15, -0.1) is 0 Å². The molecular formula is C14H12N2O4. The first-order chi connectivity index (χ1) is 9.59. The van der Waals surface area contributed by atoms with Crippen LogP contribution in [0, 0.1) is 47.3 Å². The molecule has 2 N–H and O–H groups in total. The van der Waals surface area contributed by atoms with E-state index in [0.29, 0.717) is 0 Å². The average molecular weight is 272 g/mol. The van der Waals surface area contributed by atoms with Crippen LogP contribution in [0.1, 0.15) is 0 Å². The topological polar surface area (TPSA) is 92.3 Å². The molecule has 2 saturated carbocycles.